The molecule has 2 atom stereocenters. The van der Waals surface area contributed by atoms with Crippen LogP contribution in [0, 0.1) is 0 Å². The van der Waals surface area contributed by atoms with Gasteiger partial charge in [-0.15, -0.1) is 0 Å². The fourth-order valence-corrected chi connectivity index (χ4v) is 4.38. The van der Waals surface area contributed by atoms with E-state index in [4.69, 9.17) is 48.4 Å². The van der Waals surface area contributed by atoms with Crippen LogP contribution in [0.5, 0.6) is 5.75 Å². The van der Waals surface area contributed by atoms with Gasteiger partial charge in [0.1, 0.15) is 11.4 Å². The van der Waals surface area contributed by atoms with Crippen LogP contribution in [0.25, 0.3) is 0 Å². The molecule has 1 aliphatic heterocycles. The number of nitrogens with zero attached hydrogens (tertiary/aromatic N) is 1. The molecule has 0 unspecified atom stereocenters. The first kappa shape index (κ1) is 28.7. The highest BCUT2D eigenvalue weighted by molar-refractivity contribution is 6.35. The lowest BCUT2D eigenvalue weighted by molar-refractivity contribution is -0.155. The maximum Gasteiger partial charge on any atom is 0.306 e. The van der Waals surface area contributed by atoms with Crippen LogP contribution >= 0.6 is 23.2 Å². The van der Waals surface area contributed by atoms with Crippen molar-refractivity contribution in [1.29, 1.82) is 0 Å². The number of rotatable bonds is 10. The number of hydrogen-bond donors (Lipinski definition) is 3. The quantitative estimate of drug-likeness (QED) is 0.133. The van der Waals surface area contributed by atoms with Crippen molar-refractivity contribution in [2.24, 2.45) is 10.8 Å². The third-order valence-corrected chi connectivity index (χ3v) is 6.10. The molecule has 1 heterocycles. The maximum absolute atomic E-state index is 13.3. The summed E-state index contributed by atoms with van der Waals surface area (Å²) in [4.78, 5) is 30.5. The summed E-state index contributed by atoms with van der Waals surface area (Å²) in [5, 5.41) is 9.61. The van der Waals surface area contributed by atoms with Gasteiger partial charge in [-0.2, -0.15) is 0 Å². The van der Waals surface area contributed by atoms with Gasteiger partial charge in [-0.05, 0) is 63.6 Å². The highest BCUT2D eigenvalue weighted by atomic mass is 35.5. The number of ether oxygens (including phenoxy) is 3. The highest BCUT2D eigenvalue weighted by Crippen LogP contribution is 2.45. The molecule has 1 aliphatic rings. The Labute approximate surface area is 225 Å². The van der Waals surface area contributed by atoms with Gasteiger partial charge >= 0.3 is 5.97 Å². The number of aliphatic hydroxyl groups excluding tert-OH is 1. The number of aliphatic imine (C=N–C) groups is 1. The zero-order chi connectivity index (χ0) is 27.2. The van der Waals surface area contributed by atoms with Gasteiger partial charge in [0.25, 0.3) is 5.91 Å². The van der Waals surface area contributed by atoms with E-state index in [0.717, 1.165) is 0 Å². The van der Waals surface area contributed by atoms with E-state index in [0.29, 0.717) is 34.9 Å². The molecule has 9 nitrogen and oxygen atoms in total. The summed E-state index contributed by atoms with van der Waals surface area (Å²) < 4.78 is 17.3. The molecule has 2 aromatic carbocycles. The fourth-order valence-electron chi connectivity index (χ4n) is 3.87. The van der Waals surface area contributed by atoms with Crippen LogP contribution in [-0.2, 0) is 19.1 Å². The molecule has 0 spiro atoms. The van der Waals surface area contributed by atoms with Crippen molar-refractivity contribution in [3.8, 4) is 5.75 Å². The second kappa shape index (κ2) is 12.1. The predicted molar refractivity (Wildman–Crippen MR) is 141 cm³/mol. The number of amides is 1. The minimum Gasteiger partial charge on any atom is -0.494 e. The van der Waals surface area contributed by atoms with E-state index in [-0.39, 0.29) is 30.4 Å². The van der Waals surface area contributed by atoms with E-state index in [9.17, 15) is 9.59 Å². The van der Waals surface area contributed by atoms with E-state index < -0.39 is 29.1 Å². The first-order valence-electron chi connectivity index (χ1n) is 11.8. The van der Waals surface area contributed by atoms with Crippen molar-refractivity contribution in [3.63, 3.8) is 0 Å². The Hall–Kier alpha value is -2.85. The average Bonchev–Trinajstić information content (AvgIpc) is 3.22. The van der Waals surface area contributed by atoms with E-state index in [1.165, 1.54) is 6.07 Å². The summed E-state index contributed by atoms with van der Waals surface area (Å²) in [6.45, 7) is 5.68. The Morgan fingerprint density at radius 1 is 1.19 bits per heavy atom. The summed E-state index contributed by atoms with van der Waals surface area (Å²) in [6, 6.07) is 11.7. The highest BCUT2D eigenvalue weighted by Gasteiger charge is 2.53. The van der Waals surface area contributed by atoms with Gasteiger partial charge in [-0.25, -0.2) is 10.8 Å². The number of esters is 1. The van der Waals surface area contributed by atoms with E-state index in [1.807, 2.05) is 0 Å². The standard InChI is InChI=1S/C26H31Cl2N3O6/c1-25(2,3)37-21(33)11-12-26(24(34)31-29)22(19-10-7-17(27)15-20(19)28)36-23(30-26)16-5-8-18(9-6-16)35-14-4-13-32/h5-10,15,22,32H,4,11-14,29H2,1-3H3,(H,31,34)/t22-,26-/m0/s1. The Balaban J connectivity index is 2.01. The zero-order valence-corrected chi connectivity index (χ0v) is 22.4. The molecule has 0 saturated carbocycles. The smallest absolute Gasteiger partial charge is 0.306 e. The van der Waals surface area contributed by atoms with E-state index >= 15 is 0 Å². The molecule has 2 aromatic rings. The minimum absolute atomic E-state index is 0.0337. The number of hydrazine groups is 1. The second-order valence-electron chi connectivity index (χ2n) is 9.51. The maximum atomic E-state index is 13.3. The SMILES string of the molecule is CC(C)(C)OC(=O)CC[C@]1(C(=O)NN)N=C(c2ccc(OCCCO)cc2)O[C@H]1c1ccc(Cl)cc1Cl. The van der Waals surface area contributed by atoms with E-state index in [1.54, 1.807) is 57.2 Å². The van der Waals surface area contributed by atoms with Crippen LogP contribution in [0.4, 0.5) is 0 Å². The molecule has 0 fully saturated rings. The van der Waals surface area contributed by atoms with Crippen molar-refractivity contribution in [2.75, 3.05) is 13.2 Å². The summed E-state index contributed by atoms with van der Waals surface area (Å²) in [7, 11) is 0. The summed E-state index contributed by atoms with van der Waals surface area (Å²) in [5.41, 5.74) is 0.900. The number of carbonyl (C=O) groups is 2. The lowest BCUT2D eigenvalue weighted by Gasteiger charge is -2.30. The molecule has 0 saturated heterocycles. The normalized spacial score (nSPS) is 19.1. The molecule has 1 amide bonds. The first-order chi connectivity index (χ1) is 17.5. The van der Waals surface area contributed by atoms with Gasteiger partial charge in [-0.1, -0.05) is 29.3 Å². The number of nitrogens with two attached hydrogens (primary N) is 1. The van der Waals surface area contributed by atoms with Crippen molar-refractivity contribution in [2.45, 2.75) is 57.3 Å². The Bertz CT molecular complexity index is 1150. The van der Waals surface area contributed by atoms with Gasteiger partial charge in [-0.3, -0.25) is 15.0 Å². The van der Waals surface area contributed by atoms with Crippen molar-refractivity contribution in [3.05, 3.63) is 63.6 Å². The molecule has 3 rings (SSSR count). The van der Waals surface area contributed by atoms with Crippen molar-refractivity contribution >= 4 is 41.0 Å². The number of benzene rings is 2. The molecule has 0 bridgehead atoms. The lowest BCUT2D eigenvalue weighted by atomic mass is 9.83. The molecular weight excluding hydrogens is 521 g/mol. The largest absolute Gasteiger partial charge is 0.494 e. The minimum atomic E-state index is -1.62. The van der Waals surface area contributed by atoms with Gasteiger partial charge in [0, 0.05) is 40.6 Å². The third-order valence-electron chi connectivity index (χ3n) is 5.54. The summed E-state index contributed by atoms with van der Waals surface area (Å²) in [5.74, 6) is 5.21. The average molecular weight is 552 g/mol. The second-order valence-corrected chi connectivity index (χ2v) is 10.4. The first-order valence-corrected chi connectivity index (χ1v) is 12.5. The molecule has 11 heteroatoms. The number of halogens is 2. The van der Waals surface area contributed by atoms with E-state index in [2.05, 4.69) is 10.4 Å². The van der Waals surface area contributed by atoms with Gasteiger partial charge in [0.15, 0.2) is 11.6 Å². The van der Waals surface area contributed by atoms with Gasteiger partial charge < -0.3 is 19.3 Å². The van der Waals surface area contributed by atoms with Crippen LogP contribution in [-0.4, -0.2) is 47.2 Å². The Morgan fingerprint density at radius 3 is 2.49 bits per heavy atom. The molecular formula is C26H31Cl2N3O6. The monoisotopic (exact) mass is 551 g/mol. The van der Waals surface area contributed by atoms with Crippen LogP contribution < -0.4 is 16.0 Å². The number of carbonyl (C=O) groups excluding carboxylic acids is 2. The third kappa shape index (κ3) is 7.13. The molecule has 200 valence electrons. The van der Waals surface area contributed by atoms with Gasteiger partial charge in [0.2, 0.25) is 5.90 Å². The van der Waals surface area contributed by atoms with Crippen molar-refractivity contribution in [1.82, 2.24) is 5.43 Å². The van der Waals surface area contributed by atoms with Crippen molar-refractivity contribution < 1.29 is 28.9 Å². The number of hydrogen-bond acceptors (Lipinski definition) is 8. The molecule has 4 N–H and O–H groups in total. The van der Waals surface area contributed by atoms with Crippen LogP contribution in [0.1, 0.15) is 57.3 Å². The van der Waals surface area contributed by atoms with Gasteiger partial charge in [0.05, 0.1) is 6.61 Å². The Morgan fingerprint density at radius 2 is 1.89 bits per heavy atom. The molecule has 37 heavy (non-hydrogen) atoms. The zero-order valence-electron chi connectivity index (χ0n) is 20.9. The fraction of sp³-hybridized carbons (Fsp3) is 0.423. The summed E-state index contributed by atoms with van der Waals surface area (Å²) >= 11 is 12.6. The lowest BCUT2D eigenvalue weighted by Crippen LogP contribution is -2.51. The summed E-state index contributed by atoms with van der Waals surface area (Å²) in [6.07, 6.45) is -0.668. The van der Waals surface area contributed by atoms with Crippen LogP contribution in [0.15, 0.2) is 47.5 Å². The molecule has 0 aliphatic carbocycles. The topological polar surface area (TPSA) is 132 Å². The van der Waals surface area contributed by atoms with Crippen LogP contribution in [0.2, 0.25) is 10.0 Å². The number of nitrogens with one attached hydrogen (secondary N) is 1. The van der Waals surface area contributed by atoms with Crippen LogP contribution in [0.3, 0.4) is 0 Å². The number of aliphatic hydroxyl groups is 1. The predicted octanol–water partition coefficient (Wildman–Crippen LogP) is 4.12. The molecule has 0 aromatic heterocycles. The Kier molecular flexibility index (Phi) is 9.41. The molecule has 0 radical (unpaired) electrons.